The Labute approximate surface area is 156 Å². The maximum absolute atomic E-state index is 10.9. The van der Waals surface area contributed by atoms with Crippen LogP contribution in [0.3, 0.4) is 0 Å². The Kier molecular flexibility index (Phi) is 5.55. The molecule has 8 nitrogen and oxygen atoms in total. The van der Waals surface area contributed by atoms with Crippen molar-refractivity contribution in [3.63, 3.8) is 0 Å². The van der Waals surface area contributed by atoms with Crippen molar-refractivity contribution in [2.45, 2.75) is 13.1 Å². The lowest BCUT2D eigenvalue weighted by molar-refractivity contribution is -0.385. The summed E-state index contributed by atoms with van der Waals surface area (Å²) in [7, 11) is 3.17. The molecule has 2 aromatic heterocycles. The molecule has 3 rings (SSSR count). The molecule has 140 valence electrons. The summed E-state index contributed by atoms with van der Waals surface area (Å²) in [5, 5.41) is 10.9. The Hall–Kier alpha value is -3.55. The van der Waals surface area contributed by atoms with Crippen LogP contribution >= 0.6 is 0 Å². The predicted octanol–water partition coefficient (Wildman–Crippen LogP) is 3.81. The van der Waals surface area contributed by atoms with Crippen LogP contribution in [0.5, 0.6) is 11.5 Å². The topological polar surface area (TPSA) is 90.9 Å². The van der Waals surface area contributed by atoms with Crippen molar-refractivity contribution in [3.05, 3.63) is 76.4 Å². The van der Waals surface area contributed by atoms with E-state index in [0.717, 1.165) is 11.3 Å². The Bertz CT molecular complexity index is 894. The molecule has 0 fully saturated rings. The Morgan fingerprint density at radius 3 is 2.52 bits per heavy atom. The first-order valence-electron chi connectivity index (χ1n) is 8.19. The molecule has 8 heteroatoms. The van der Waals surface area contributed by atoms with Crippen LogP contribution in [0.1, 0.15) is 11.3 Å². The average Bonchev–Trinajstić information content (AvgIpc) is 3.20. The van der Waals surface area contributed by atoms with Gasteiger partial charge in [-0.3, -0.25) is 10.1 Å². The van der Waals surface area contributed by atoms with E-state index in [9.17, 15) is 10.1 Å². The molecule has 0 saturated carbocycles. The normalized spacial score (nSPS) is 10.4. The number of ether oxygens (including phenoxy) is 2. The monoisotopic (exact) mass is 369 g/mol. The van der Waals surface area contributed by atoms with Gasteiger partial charge in [0.25, 0.3) is 5.69 Å². The second-order valence-corrected chi connectivity index (χ2v) is 5.76. The van der Waals surface area contributed by atoms with Crippen LogP contribution in [0, 0.1) is 10.1 Å². The summed E-state index contributed by atoms with van der Waals surface area (Å²) in [6.07, 6.45) is 2.85. The molecule has 0 aliphatic heterocycles. The number of methoxy groups -OCH3 is 2. The standard InChI is InChI=1S/C19H19N3O5/c1-25-17-7-5-14(10-18(17)26-2)12-21(13-16-4-3-9-27-16)19-8-6-15(11-20-19)22(23)24/h3-11H,12-13H2,1-2H3. The quantitative estimate of drug-likeness (QED) is 0.440. The van der Waals surface area contributed by atoms with Gasteiger partial charge >= 0.3 is 0 Å². The Morgan fingerprint density at radius 1 is 1.11 bits per heavy atom. The Balaban J connectivity index is 1.89. The van der Waals surface area contributed by atoms with E-state index < -0.39 is 4.92 Å². The molecule has 0 amide bonds. The lowest BCUT2D eigenvalue weighted by atomic mass is 10.1. The van der Waals surface area contributed by atoms with Crippen LogP contribution in [0.15, 0.2) is 59.3 Å². The molecule has 2 heterocycles. The molecule has 27 heavy (non-hydrogen) atoms. The van der Waals surface area contributed by atoms with Crippen LogP contribution in [0.4, 0.5) is 11.5 Å². The van der Waals surface area contributed by atoms with E-state index in [4.69, 9.17) is 13.9 Å². The van der Waals surface area contributed by atoms with Crippen LogP contribution in [0.2, 0.25) is 0 Å². The van der Waals surface area contributed by atoms with E-state index in [2.05, 4.69) is 4.98 Å². The number of benzene rings is 1. The van der Waals surface area contributed by atoms with E-state index in [1.165, 1.54) is 12.3 Å². The third-order valence-corrected chi connectivity index (χ3v) is 4.02. The lowest BCUT2D eigenvalue weighted by Gasteiger charge is -2.23. The third kappa shape index (κ3) is 4.35. The molecular weight excluding hydrogens is 350 g/mol. The minimum absolute atomic E-state index is 0.0529. The van der Waals surface area contributed by atoms with Gasteiger partial charge in [-0.05, 0) is 35.9 Å². The van der Waals surface area contributed by atoms with Gasteiger partial charge in [0.1, 0.15) is 17.8 Å². The minimum Gasteiger partial charge on any atom is -0.493 e. The fourth-order valence-corrected chi connectivity index (χ4v) is 2.68. The highest BCUT2D eigenvalue weighted by Gasteiger charge is 2.15. The minimum atomic E-state index is -0.470. The highest BCUT2D eigenvalue weighted by molar-refractivity contribution is 5.47. The Morgan fingerprint density at radius 2 is 1.93 bits per heavy atom. The largest absolute Gasteiger partial charge is 0.493 e. The molecule has 0 unspecified atom stereocenters. The van der Waals surface area contributed by atoms with Crippen molar-refractivity contribution in [3.8, 4) is 11.5 Å². The van der Waals surface area contributed by atoms with Crippen LogP contribution in [-0.2, 0) is 13.1 Å². The zero-order valence-electron chi connectivity index (χ0n) is 15.0. The summed E-state index contributed by atoms with van der Waals surface area (Å²) < 4.78 is 16.1. The molecule has 3 aromatic rings. The van der Waals surface area contributed by atoms with Gasteiger partial charge in [-0.1, -0.05) is 6.07 Å². The van der Waals surface area contributed by atoms with Gasteiger partial charge in [-0.25, -0.2) is 4.98 Å². The van der Waals surface area contributed by atoms with Gasteiger partial charge in [0.05, 0.1) is 32.0 Å². The van der Waals surface area contributed by atoms with Crippen molar-refractivity contribution in [2.75, 3.05) is 19.1 Å². The third-order valence-electron chi connectivity index (χ3n) is 4.02. The van der Waals surface area contributed by atoms with Gasteiger partial charge < -0.3 is 18.8 Å². The fourth-order valence-electron chi connectivity index (χ4n) is 2.68. The van der Waals surface area contributed by atoms with Crippen LogP contribution < -0.4 is 14.4 Å². The summed E-state index contributed by atoms with van der Waals surface area (Å²) >= 11 is 0. The van der Waals surface area contributed by atoms with Crippen molar-refractivity contribution in [1.82, 2.24) is 4.98 Å². The molecular formula is C19H19N3O5. The van der Waals surface area contributed by atoms with Gasteiger partial charge in [-0.2, -0.15) is 0 Å². The van der Waals surface area contributed by atoms with Crippen molar-refractivity contribution >= 4 is 11.5 Å². The summed E-state index contributed by atoms with van der Waals surface area (Å²) in [6, 6.07) is 12.4. The number of nitrogens with zero attached hydrogens (tertiary/aromatic N) is 3. The zero-order valence-corrected chi connectivity index (χ0v) is 15.0. The van der Waals surface area contributed by atoms with Gasteiger partial charge in [0, 0.05) is 12.6 Å². The maximum Gasteiger partial charge on any atom is 0.287 e. The van der Waals surface area contributed by atoms with E-state index in [1.807, 2.05) is 35.2 Å². The summed E-state index contributed by atoms with van der Waals surface area (Å²) in [6.45, 7) is 0.970. The SMILES string of the molecule is COc1ccc(CN(Cc2ccco2)c2ccc([N+](=O)[O-])cn2)cc1OC. The molecule has 0 spiro atoms. The first kappa shape index (κ1) is 18.2. The molecule has 0 aliphatic rings. The number of rotatable bonds is 8. The summed E-state index contributed by atoms with van der Waals surface area (Å²) in [4.78, 5) is 16.6. The van der Waals surface area contributed by atoms with Gasteiger partial charge in [0.2, 0.25) is 0 Å². The first-order valence-corrected chi connectivity index (χ1v) is 8.19. The number of aromatic nitrogens is 1. The van der Waals surface area contributed by atoms with Crippen LogP contribution in [0.25, 0.3) is 0 Å². The number of pyridine rings is 1. The lowest BCUT2D eigenvalue weighted by Crippen LogP contribution is -2.23. The van der Waals surface area contributed by atoms with Gasteiger partial charge in [-0.15, -0.1) is 0 Å². The number of nitro groups is 1. The van der Waals surface area contributed by atoms with Crippen molar-refractivity contribution in [1.29, 1.82) is 0 Å². The molecule has 0 aliphatic carbocycles. The molecule has 1 aromatic carbocycles. The van der Waals surface area contributed by atoms with Crippen molar-refractivity contribution < 1.29 is 18.8 Å². The van der Waals surface area contributed by atoms with E-state index in [0.29, 0.717) is 30.4 Å². The second kappa shape index (κ2) is 8.22. The highest BCUT2D eigenvalue weighted by Crippen LogP contribution is 2.29. The van der Waals surface area contributed by atoms with E-state index >= 15 is 0 Å². The highest BCUT2D eigenvalue weighted by atomic mass is 16.6. The predicted molar refractivity (Wildman–Crippen MR) is 99.0 cm³/mol. The average molecular weight is 369 g/mol. The smallest absolute Gasteiger partial charge is 0.287 e. The fraction of sp³-hybridized carbons (Fsp3) is 0.211. The molecule has 0 N–H and O–H groups in total. The summed E-state index contributed by atoms with van der Waals surface area (Å²) in [5.74, 6) is 2.64. The molecule has 0 radical (unpaired) electrons. The maximum atomic E-state index is 10.9. The number of furan rings is 1. The first-order chi connectivity index (χ1) is 13.1. The van der Waals surface area contributed by atoms with Crippen molar-refractivity contribution in [2.24, 2.45) is 0 Å². The number of hydrogen-bond donors (Lipinski definition) is 0. The van der Waals surface area contributed by atoms with E-state index in [1.54, 1.807) is 26.5 Å². The van der Waals surface area contributed by atoms with Gasteiger partial charge in [0.15, 0.2) is 11.5 Å². The molecule has 0 saturated heterocycles. The number of hydrogen-bond acceptors (Lipinski definition) is 7. The molecule has 0 bridgehead atoms. The second-order valence-electron chi connectivity index (χ2n) is 5.76. The summed E-state index contributed by atoms with van der Waals surface area (Å²) in [5.41, 5.74) is 0.919. The van der Waals surface area contributed by atoms with E-state index in [-0.39, 0.29) is 5.69 Å². The zero-order chi connectivity index (χ0) is 19.2. The molecule has 0 atom stereocenters. The van der Waals surface area contributed by atoms with Crippen LogP contribution in [-0.4, -0.2) is 24.1 Å². The number of anilines is 1.